The van der Waals surface area contributed by atoms with Gasteiger partial charge in [0.1, 0.15) is 5.82 Å². The van der Waals surface area contributed by atoms with E-state index >= 15 is 0 Å². The summed E-state index contributed by atoms with van der Waals surface area (Å²) in [5.41, 5.74) is 1.46. The molecule has 1 heterocycles. The fourth-order valence-corrected chi connectivity index (χ4v) is 3.75. The molecule has 1 aliphatic rings. The molecule has 0 aliphatic carbocycles. The lowest BCUT2D eigenvalue weighted by Crippen LogP contribution is -2.40. The van der Waals surface area contributed by atoms with Gasteiger partial charge < -0.3 is 9.64 Å². The van der Waals surface area contributed by atoms with Crippen LogP contribution in [0.5, 0.6) is 0 Å². The summed E-state index contributed by atoms with van der Waals surface area (Å²) in [6, 6.07) is 10.4. The van der Waals surface area contributed by atoms with Crippen LogP contribution in [0.1, 0.15) is 21.5 Å². The molecule has 0 saturated carbocycles. The molecule has 1 saturated heterocycles. The molecule has 0 spiro atoms. The first-order valence-electron chi connectivity index (χ1n) is 8.58. The van der Waals surface area contributed by atoms with Crippen molar-refractivity contribution in [3.8, 4) is 0 Å². The van der Waals surface area contributed by atoms with Gasteiger partial charge in [-0.05, 0) is 48.4 Å². The lowest BCUT2D eigenvalue weighted by atomic mass is 10.1. The zero-order chi connectivity index (χ0) is 19.4. The first kappa shape index (κ1) is 19.5. The summed E-state index contributed by atoms with van der Waals surface area (Å²) in [5, 5.41) is 0. The number of halogens is 1. The lowest BCUT2D eigenvalue weighted by molar-refractivity contribution is 0.0303. The Bertz CT molecular complexity index is 923. The summed E-state index contributed by atoms with van der Waals surface area (Å²) in [7, 11) is -3.77. The maximum Gasteiger partial charge on any atom is 0.254 e. The molecule has 8 heteroatoms. The van der Waals surface area contributed by atoms with Gasteiger partial charge in [-0.25, -0.2) is 17.5 Å². The molecular weight excluding hydrogens is 371 g/mol. The van der Waals surface area contributed by atoms with Crippen LogP contribution in [0.25, 0.3) is 0 Å². The van der Waals surface area contributed by atoms with Crippen LogP contribution >= 0.6 is 0 Å². The van der Waals surface area contributed by atoms with Crippen LogP contribution < -0.4 is 4.72 Å². The van der Waals surface area contributed by atoms with E-state index in [1.54, 1.807) is 24.0 Å². The van der Waals surface area contributed by atoms with Crippen LogP contribution in [0.15, 0.2) is 47.4 Å². The third-order valence-electron chi connectivity index (χ3n) is 4.41. The highest BCUT2D eigenvalue weighted by molar-refractivity contribution is 7.89. The first-order valence-corrected chi connectivity index (χ1v) is 10.1. The van der Waals surface area contributed by atoms with E-state index in [0.29, 0.717) is 43.0 Å². The summed E-state index contributed by atoms with van der Waals surface area (Å²) < 4.78 is 46.1. The van der Waals surface area contributed by atoms with E-state index in [-0.39, 0.29) is 23.2 Å². The van der Waals surface area contributed by atoms with Crippen LogP contribution in [0.4, 0.5) is 4.39 Å². The number of aryl methyl sites for hydroxylation is 1. The van der Waals surface area contributed by atoms with Gasteiger partial charge in [0.2, 0.25) is 10.0 Å². The van der Waals surface area contributed by atoms with E-state index in [1.807, 2.05) is 0 Å². The van der Waals surface area contributed by atoms with Crippen LogP contribution in [-0.2, 0) is 21.3 Å². The Morgan fingerprint density at radius 3 is 2.44 bits per heavy atom. The van der Waals surface area contributed by atoms with Crippen molar-refractivity contribution in [3.05, 3.63) is 65.0 Å². The van der Waals surface area contributed by atoms with Gasteiger partial charge in [0, 0.05) is 25.2 Å². The second-order valence-corrected chi connectivity index (χ2v) is 8.10. The molecule has 0 bridgehead atoms. The summed E-state index contributed by atoms with van der Waals surface area (Å²) in [6.45, 7) is 3.67. The zero-order valence-electron chi connectivity index (χ0n) is 14.9. The average Bonchev–Trinajstić information content (AvgIpc) is 2.69. The Labute approximate surface area is 158 Å². The Balaban J connectivity index is 1.67. The van der Waals surface area contributed by atoms with E-state index < -0.39 is 10.0 Å². The fourth-order valence-electron chi connectivity index (χ4n) is 2.73. The van der Waals surface area contributed by atoms with Crippen LogP contribution in [0, 0.1) is 12.7 Å². The highest BCUT2D eigenvalue weighted by atomic mass is 32.2. The van der Waals surface area contributed by atoms with Crippen LogP contribution in [0.2, 0.25) is 0 Å². The molecule has 1 amide bonds. The normalized spacial score (nSPS) is 15.0. The number of benzene rings is 2. The zero-order valence-corrected chi connectivity index (χ0v) is 15.8. The average molecular weight is 392 g/mol. The van der Waals surface area contributed by atoms with E-state index in [4.69, 9.17) is 4.74 Å². The first-order chi connectivity index (χ1) is 12.9. The van der Waals surface area contributed by atoms with Gasteiger partial charge >= 0.3 is 0 Å². The molecule has 0 aromatic heterocycles. The maximum absolute atomic E-state index is 13.6. The van der Waals surface area contributed by atoms with Gasteiger partial charge in [-0.1, -0.05) is 12.1 Å². The SMILES string of the molecule is Cc1ccc(CNS(=O)(=O)c2ccc(C(=O)N3CCOCC3)cc2)cc1F. The van der Waals surface area contributed by atoms with Crippen molar-refractivity contribution in [3.63, 3.8) is 0 Å². The molecule has 1 N–H and O–H groups in total. The van der Waals surface area contributed by atoms with Crippen LogP contribution in [-0.4, -0.2) is 45.5 Å². The third kappa shape index (κ3) is 4.71. The van der Waals surface area contributed by atoms with Crippen molar-refractivity contribution in [2.45, 2.75) is 18.4 Å². The number of ether oxygens (including phenoxy) is 1. The number of nitrogens with zero attached hydrogens (tertiary/aromatic N) is 1. The highest BCUT2D eigenvalue weighted by Gasteiger charge is 2.20. The van der Waals surface area contributed by atoms with Gasteiger partial charge in [-0.2, -0.15) is 0 Å². The van der Waals surface area contributed by atoms with Gasteiger partial charge in [-0.3, -0.25) is 4.79 Å². The number of hydrogen-bond acceptors (Lipinski definition) is 4. The second-order valence-electron chi connectivity index (χ2n) is 6.34. The molecule has 3 rings (SSSR count). The number of morpholine rings is 1. The number of sulfonamides is 1. The standard InChI is InChI=1S/C19H21FN2O4S/c1-14-2-3-15(12-18(14)20)13-21-27(24,25)17-6-4-16(5-7-17)19(23)22-8-10-26-11-9-22/h2-7,12,21H,8-11,13H2,1H3. The summed E-state index contributed by atoms with van der Waals surface area (Å²) in [6.07, 6.45) is 0. The Kier molecular flexibility index (Phi) is 5.88. The lowest BCUT2D eigenvalue weighted by Gasteiger charge is -2.26. The quantitative estimate of drug-likeness (QED) is 0.845. The number of nitrogens with one attached hydrogen (secondary N) is 1. The molecule has 27 heavy (non-hydrogen) atoms. The van der Waals surface area contributed by atoms with Crippen molar-refractivity contribution >= 4 is 15.9 Å². The Hall–Kier alpha value is -2.29. The van der Waals surface area contributed by atoms with Crippen LogP contribution in [0.3, 0.4) is 0 Å². The number of carbonyl (C=O) groups is 1. The summed E-state index contributed by atoms with van der Waals surface area (Å²) >= 11 is 0. The largest absolute Gasteiger partial charge is 0.378 e. The van der Waals surface area contributed by atoms with Crippen molar-refractivity contribution in [2.24, 2.45) is 0 Å². The molecular formula is C19H21FN2O4S. The predicted molar refractivity (Wildman–Crippen MR) is 98.3 cm³/mol. The molecule has 0 radical (unpaired) electrons. The fraction of sp³-hybridized carbons (Fsp3) is 0.316. The van der Waals surface area contributed by atoms with Crippen molar-refractivity contribution < 1.29 is 22.3 Å². The minimum atomic E-state index is -3.77. The molecule has 0 atom stereocenters. The Morgan fingerprint density at radius 2 is 1.81 bits per heavy atom. The molecule has 1 aliphatic heterocycles. The topological polar surface area (TPSA) is 75.7 Å². The van der Waals surface area contributed by atoms with E-state index in [1.165, 1.54) is 30.3 Å². The number of amides is 1. The summed E-state index contributed by atoms with van der Waals surface area (Å²) in [4.78, 5) is 14.1. The summed E-state index contributed by atoms with van der Waals surface area (Å²) in [5.74, 6) is -0.525. The minimum absolute atomic E-state index is 0.0198. The van der Waals surface area contributed by atoms with Gasteiger partial charge in [0.25, 0.3) is 5.91 Å². The molecule has 6 nitrogen and oxygen atoms in total. The van der Waals surface area contributed by atoms with Gasteiger partial charge in [0.05, 0.1) is 18.1 Å². The van der Waals surface area contributed by atoms with Gasteiger partial charge in [-0.15, -0.1) is 0 Å². The highest BCUT2D eigenvalue weighted by Crippen LogP contribution is 2.15. The second kappa shape index (κ2) is 8.16. The molecule has 0 unspecified atom stereocenters. The van der Waals surface area contributed by atoms with E-state index in [9.17, 15) is 17.6 Å². The number of carbonyl (C=O) groups excluding carboxylic acids is 1. The molecule has 2 aromatic rings. The smallest absolute Gasteiger partial charge is 0.254 e. The van der Waals surface area contributed by atoms with Crippen molar-refractivity contribution in [2.75, 3.05) is 26.3 Å². The number of hydrogen-bond donors (Lipinski definition) is 1. The molecule has 144 valence electrons. The monoisotopic (exact) mass is 392 g/mol. The van der Waals surface area contributed by atoms with E-state index in [2.05, 4.69) is 4.72 Å². The molecule has 2 aromatic carbocycles. The molecule has 1 fully saturated rings. The third-order valence-corrected chi connectivity index (χ3v) is 5.83. The van der Waals surface area contributed by atoms with Crippen molar-refractivity contribution in [1.29, 1.82) is 0 Å². The minimum Gasteiger partial charge on any atom is -0.378 e. The van der Waals surface area contributed by atoms with Gasteiger partial charge in [0.15, 0.2) is 0 Å². The van der Waals surface area contributed by atoms with E-state index in [0.717, 1.165) is 0 Å². The predicted octanol–water partition coefficient (Wildman–Crippen LogP) is 2.09. The maximum atomic E-state index is 13.6. The Morgan fingerprint density at radius 1 is 1.15 bits per heavy atom. The van der Waals surface area contributed by atoms with Crippen molar-refractivity contribution in [1.82, 2.24) is 9.62 Å². The number of rotatable bonds is 5.